The summed E-state index contributed by atoms with van der Waals surface area (Å²) in [4.78, 5) is 25.5. The quantitative estimate of drug-likeness (QED) is 0.835. The lowest BCUT2D eigenvalue weighted by atomic mass is 10.2. The molecule has 7 nitrogen and oxygen atoms in total. The monoisotopic (exact) mass is 242 g/mol. The third-order valence-electron chi connectivity index (χ3n) is 1.49. The number of aromatic nitrogens is 1. The largest absolute Gasteiger partial charge is 0.481 e. The molecule has 1 aromatic rings. The second kappa shape index (κ2) is 4.86. The first-order chi connectivity index (χ1) is 7.76. The van der Waals surface area contributed by atoms with Crippen molar-refractivity contribution in [1.82, 2.24) is 4.98 Å². The van der Waals surface area contributed by atoms with E-state index in [1.165, 1.54) is 6.26 Å². The second-order valence-electron chi connectivity index (χ2n) is 4.34. The standard InChI is InChI=1S/C10H14N2O5/c1-10(2,3)17-9(15)12-8-11-6(5-16-8)4-7(13)14/h5H,4H2,1-3H3,(H,13,14)(H,11,12,15). The summed E-state index contributed by atoms with van der Waals surface area (Å²) in [5, 5.41) is 10.8. The molecule has 0 atom stereocenters. The van der Waals surface area contributed by atoms with E-state index in [1.54, 1.807) is 20.8 Å². The smallest absolute Gasteiger partial charge is 0.415 e. The Morgan fingerprint density at radius 3 is 2.71 bits per heavy atom. The van der Waals surface area contributed by atoms with Crippen LogP contribution in [-0.4, -0.2) is 27.8 Å². The van der Waals surface area contributed by atoms with E-state index < -0.39 is 17.7 Å². The number of anilines is 1. The number of ether oxygens (including phenoxy) is 1. The number of hydrogen-bond donors (Lipinski definition) is 2. The zero-order valence-corrected chi connectivity index (χ0v) is 9.81. The van der Waals surface area contributed by atoms with Gasteiger partial charge in [0, 0.05) is 0 Å². The van der Waals surface area contributed by atoms with Crippen molar-refractivity contribution in [2.24, 2.45) is 0 Å². The third-order valence-corrected chi connectivity index (χ3v) is 1.49. The molecule has 0 bridgehead atoms. The lowest BCUT2D eigenvalue weighted by Gasteiger charge is -2.18. The van der Waals surface area contributed by atoms with Crippen molar-refractivity contribution in [3.63, 3.8) is 0 Å². The Hall–Kier alpha value is -2.05. The number of nitrogens with one attached hydrogen (secondary N) is 1. The van der Waals surface area contributed by atoms with Crippen molar-refractivity contribution in [2.45, 2.75) is 32.8 Å². The van der Waals surface area contributed by atoms with Crippen LogP contribution in [0.2, 0.25) is 0 Å². The third kappa shape index (κ3) is 5.01. The predicted octanol–water partition coefficient (Wildman–Crippen LogP) is 1.65. The summed E-state index contributed by atoms with van der Waals surface area (Å²) < 4.78 is 9.83. The average molecular weight is 242 g/mol. The van der Waals surface area contributed by atoms with Crippen LogP contribution in [0, 0.1) is 0 Å². The van der Waals surface area contributed by atoms with Crippen LogP contribution in [0.25, 0.3) is 0 Å². The highest BCUT2D eigenvalue weighted by Gasteiger charge is 2.18. The maximum Gasteiger partial charge on any atom is 0.415 e. The van der Waals surface area contributed by atoms with E-state index in [2.05, 4.69) is 10.3 Å². The zero-order valence-electron chi connectivity index (χ0n) is 9.81. The second-order valence-corrected chi connectivity index (χ2v) is 4.34. The van der Waals surface area contributed by atoms with E-state index in [4.69, 9.17) is 14.3 Å². The summed E-state index contributed by atoms with van der Waals surface area (Å²) >= 11 is 0. The number of nitrogens with zero attached hydrogens (tertiary/aromatic N) is 1. The van der Waals surface area contributed by atoms with E-state index in [-0.39, 0.29) is 18.1 Å². The molecule has 0 aliphatic heterocycles. The Labute approximate surface area is 97.8 Å². The lowest BCUT2D eigenvalue weighted by Crippen LogP contribution is -2.27. The fraction of sp³-hybridized carbons (Fsp3) is 0.500. The van der Waals surface area contributed by atoms with Gasteiger partial charge in [-0.05, 0) is 20.8 Å². The van der Waals surface area contributed by atoms with E-state index in [0.717, 1.165) is 0 Å². The van der Waals surface area contributed by atoms with Gasteiger partial charge in [-0.2, -0.15) is 4.98 Å². The fourth-order valence-electron chi connectivity index (χ4n) is 0.991. The fourth-order valence-corrected chi connectivity index (χ4v) is 0.991. The molecule has 0 radical (unpaired) electrons. The molecule has 94 valence electrons. The van der Waals surface area contributed by atoms with E-state index in [1.807, 2.05) is 0 Å². The van der Waals surface area contributed by atoms with Crippen molar-refractivity contribution >= 4 is 18.1 Å². The highest BCUT2D eigenvalue weighted by Crippen LogP contribution is 2.11. The lowest BCUT2D eigenvalue weighted by molar-refractivity contribution is -0.136. The number of carboxylic acid groups (broad SMARTS) is 1. The first-order valence-electron chi connectivity index (χ1n) is 4.92. The van der Waals surface area contributed by atoms with Crippen LogP contribution in [-0.2, 0) is 16.0 Å². The number of carboxylic acids is 1. The van der Waals surface area contributed by atoms with Gasteiger partial charge in [0.05, 0.1) is 12.1 Å². The highest BCUT2D eigenvalue weighted by atomic mass is 16.6. The molecular formula is C10H14N2O5. The van der Waals surface area contributed by atoms with Crippen molar-refractivity contribution in [1.29, 1.82) is 0 Å². The molecule has 1 rings (SSSR count). The number of oxazole rings is 1. The molecule has 0 aliphatic rings. The Morgan fingerprint density at radius 2 is 2.18 bits per heavy atom. The van der Waals surface area contributed by atoms with Gasteiger partial charge in [0.2, 0.25) is 0 Å². The summed E-state index contributed by atoms with van der Waals surface area (Å²) in [5.41, 5.74) is -0.399. The maximum absolute atomic E-state index is 11.3. The SMILES string of the molecule is CC(C)(C)OC(=O)Nc1nc(CC(=O)O)co1. The van der Waals surface area contributed by atoms with Gasteiger partial charge < -0.3 is 14.3 Å². The van der Waals surface area contributed by atoms with Crippen molar-refractivity contribution in [3.8, 4) is 0 Å². The van der Waals surface area contributed by atoms with E-state index in [9.17, 15) is 9.59 Å². The number of amides is 1. The Kier molecular flexibility index (Phi) is 3.72. The van der Waals surface area contributed by atoms with Gasteiger partial charge in [-0.25, -0.2) is 10.1 Å². The first-order valence-corrected chi connectivity index (χ1v) is 4.92. The van der Waals surface area contributed by atoms with Crippen LogP contribution in [0.5, 0.6) is 0 Å². The van der Waals surface area contributed by atoms with Crippen molar-refractivity contribution in [2.75, 3.05) is 5.32 Å². The highest BCUT2D eigenvalue weighted by molar-refractivity contribution is 5.82. The van der Waals surface area contributed by atoms with Gasteiger partial charge in [-0.3, -0.25) is 4.79 Å². The molecule has 1 aromatic heterocycles. The van der Waals surface area contributed by atoms with Gasteiger partial charge in [-0.1, -0.05) is 0 Å². The van der Waals surface area contributed by atoms with Crippen LogP contribution >= 0.6 is 0 Å². The van der Waals surface area contributed by atoms with Crippen molar-refractivity contribution < 1.29 is 23.8 Å². The minimum absolute atomic E-state index is 0.0875. The number of hydrogen-bond acceptors (Lipinski definition) is 5. The van der Waals surface area contributed by atoms with Gasteiger partial charge in [0.1, 0.15) is 11.9 Å². The molecule has 0 unspecified atom stereocenters. The topological polar surface area (TPSA) is 102 Å². The summed E-state index contributed by atoms with van der Waals surface area (Å²) in [6.45, 7) is 5.16. The predicted molar refractivity (Wildman–Crippen MR) is 57.7 cm³/mol. The molecule has 17 heavy (non-hydrogen) atoms. The van der Waals surface area contributed by atoms with Crippen LogP contribution in [0.15, 0.2) is 10.7 Å². The molecule has 0 spiro atoms. The molecule has 0 saturated carbocycles. The summed E-state index contributed by atoms with van der Waals surface area (Å²) in [5.74, 6) is -1.03. The molecule has 0 fully saturated rings. The maximum atomic E-state index is 11.3. The summed E-state index contributed by atoms with van der Waals surface area (Å²) in [6.07, 6.45) is 0.196. The summed E-state index contributed by atoms with van der Waals surface area (Å²) in [7, 11) is 0. The zero-order chi connectivity index (χ0) is 13.1. The van der Waals surface area contributed by atoms with Crippen LogP contribution < -0.4 is 5.32 Å². The molecule has 0 saturated heterocycles. The van der Waals surface area contributed by atoms with Gasteiger partial charge in [-0.15, -0.1) is 0 Å². The minimum Gasteiger partial charge on any atom is -0.481 e. The van der Waals surface area contributed by atoms with Crippen LogP contribution in [0.3, 0.4) is 0 Å². The van der Waals surface area contributed by atoms with Gasteiger partial charge in [0.15, 0.2) is 0 Å². The molecule has 1 heterocycles. The van der Waals surface area contributed by atoms with Crippen molar-refractivity contribution in [3.05, 3.63) is 12.0 Å². The van der Waals surface area contributed by atoms with E-state index >= 15 is 0 Å². The number of aliphatic carboxylic acids is 1. The number of rotatable bonds is 3. The molecular weight excluding hydrogens is 228 g/mol. The molecule has 0 aromatic carbocycles. The molecule has 7 heteroatoms. The van der Waals surface area contributed by atoms with Gasteiger partial charge in [0.25, 0.3) is 0 Å². The minimum atomic E-state index is -1.03. The van der Waals surface area contributed by atoms with Gasteiger partial charge >= 0.3 is 18.1 Å². The molecule has 1 amide bonds. The Morgan fingerprint density at radius 1 is 1.53 bits per heavy atom. The number of carbonyl (C=O) groups is 2. The summed E-state index contributed by atoms with van der Waals surface area (Å²) in [6, 6.07) is -0.0875. The first kappa shape index (κ1) is 13.0. The molecule has 2 N–H and O–H groups in total. The number of carbonyl (C=O) groups excluding carboxylic acids is 1. The Balaban J connectivity index is 2.55. The average Bonchev–Trinajstić information content (AvgIpc) is 2.46. The van der Waals surface area contributed by atoms with E-state index in [0.29, 0.717) is 0 Å². The normalized spacial score (nSPS) is 11.0. The Bertz CT molecular complexity index is 419. The van der Waals surface area contributed by atoms with Crippen LogP contribution in [0.1, 0.15) is 26.5 Å². The molecule has 0 aliphatic carbocycles. The van der Waals surface area contributed by atoms with Crippen LogP contribution in [0.4, 0.5) is 10.8 Å².